The number of fused-ring (bicyclic) bond motifs is 1. The highest BCUT2D eigenvalue weighted by molar-refractivity contribution is 5.80. The largest absolute Gasteiger partial charge is 0.420 e. The van der Waals surface area contributed by atoms with Crippen LogP contribution >= 0.6 is 0 Å². The number of hydrogen-bond acceptors (Lipinski definition) is 7. The first-order valence-electron chi connectivity index (χ1n) is 10.6. The molecule has 0 bridgehead atoms. The van der Waals surface area contributed by atoms with Gasteiger partial charge in [0.2, 0.25) is 5.91 Å². The number of carbonyl (C=O) groups excluding carboxylic acids is 1. The van der Waals surface area contributed by atoms with Crippen LogP contribution in [0.1, 0.15) is 17.4 Å². The molecule has 1 saturated heterocycles. The maximum absolute atomic E-state index is 13.0. The van der Waals surface area contributed by atoms with Gasteiger partial charge in [-0.2, -0.15) is 0 Å². The quantitative estimate of drug-likeness (QED) is 0.513. The number of hydrogen-bond donors (Lipinski definition) is 1. The molecule has 4 heterocycles. The van der Waals surface area contributed by atoms with E-state index in [1.807, 2.05) is 37.3 Å². The average molecular weight is 445 g/mol. The molecule has 1 aliphatic heterocycles. The Balaban J connectivity index is 1.30. The van der Waals surface area contributed by atoms with Gasteiger partial charge in [-0.05, 0) is 42.8 Å². The summed E-state index contributed by atoms with van der Waals surface area (Å²) in [7, 11) is 0. The fourth-order valence-electron chi connectivity index (χ4n) is 3.95. The van der Waals surface area contributed by atoms with Gasteiger partial charge >= 0.3 is 5.76 Å². The predicted octanol–water partition coefficient (Wildman–Crippen LogP) is 2.54. The third-order valence-electron chi connectivity index (χ3n) is 5.77. The number of benzene rings is 1. The molecule has 5 rings (SSSR count). The molecule has 0 radical (unpaired) electrons. The Morgan fingerprint density at radius 1 is 1.12 bits per heavy atom. The number of ether oxygens (including phenoxy) is 1. The molecule has 2 N–H and O–H groups in total. The van der Waals surface area contributed by atoms with E-state index in [-0.39, 0.29) is 18.6 Å². The number of oxazole rings is 1. The molecule has 9 heteroatoms. The summed E-state index contributed by atoms with van der Waals surface area (Å²) < 4.78 is 12.5. The Morgan fingerprint density at radius 2 is 1.91 bits per heavy atom. The molecule has 1 aliphatic rings. The van der Waals surface area contributed by atoms with Gasteiger partial charge in [0.1, 0.15) is 18.5 Å². The highest BCUT2D eigenvalue weighted by Crippen LogP contribution is 2.24. The molecule has 3 aromatic heterocycles. The van der Waals surface area contributed by atoms with Crippen LogP contribution in [0.15, 0.2) is 64.1 Å². The predicted molar refractivity (Wildman–Crippen MR) is 122 cm³/mol. The molecule has 9 nitrogen and oxygen atoms in total. The van der Waals surface area contributed by atoms with Crippen molar-refractivity contribution in [2.45, 2.75) is 19.6 Å². The lowest BCUT2D eigenvalue weighted by molar-refractivity contribution is -0.139. The lowest BCUT2D eigenvalue weighted by atomic mass is 10.1. The first kappa shape index (κ1) is 20.9. The fourth-order valence-corrected chi connectivity index (χ4v) is 3.95. The minimum absolute atomic E-state index is 0.0848. The number of rotatable bonds is 4. The van der Waals surface area contributed by atoms with Gasteiger partial charge in [-0.25, -0.2) is 9.78 Å². The fraction of sp³-hybridized carbons (Fsp3) is 0.250. The molecule has 0 unspecified atom stereocenters. The number of pyridine rings is 2. The van der Waals surface area contributed by atoms with Crippen LogP contribution in [-0.4, -0.2) is 45.0 Å². The number of nitrogen functional groups attached to an aromatic ring is 1. The molecule has 33 heavy (non-hydrogen) atoms. The van der Waals surface area contributed by atoms with E-state index in [9.17, 15) is 9.59 Å². The highest BCUT2D eigenvalue weighted by atomic mass is 16.5. The van der Waals surface area contributed by atoms with Gasteiger partial charge in [0.15, 0.2) is 5.58 Å². The summed E-state index contributed by atoms with van der Waals surface area (Å²) in [6.45, 7) is 3.05. The molecule has 1 aromatic carbocycles. The summed E-state index contributed by atoms with van der Waals surface area (Å²) in [6, 6.07) is 12.9. The van der Waals surface area contributed by atoms with Crippen molar-refractivity contribution in [2.75, 3.05) is 25.4 Å². The van der Waals surface area contributed by atoms with Crippen LogP contribution in [0.25, 0.3) is 22.2 Å². The normalized spacial score (nSPS) is 16.3. The van der Waals surface area contributed by atoms with Gasteiger partial charge in [-0.1, -0.05) is 12.1 Å². The molecule has 1 fully saturated rings. The Morgan fingerprint density at radius 3 is 2.64 bits per heavy atom. The van der Waals surface area contributed by atoms with Crippen molar-refractivity contribution in [3.63, 3.8) is 0 Å². The minimum atomic E-state index is -0.539. The SMILES string of the molecule is Cc1ccc2oc(=O)n(CC(=O)N3CCO[C@@H](c4ccc(-c5ccc(N)nc5)cn4)C3)c2c1. The topological polar surface area (TPSA) is 116 Å². The van der Waals surface area contributed by atoms with E-state index >= 15 is 0 Å². The molecule has 0 saturated carbocycles. The van der Waals surface area contributed by atoms with E-state index < -0.39 is 5.76 Å². The lowest BCUT2D eigenvalue weighted by Gasteiger charge is -2.32. The third kappa shape index (κ3) is 4.22. The van der Waals surface area contributed by atoms with Gasteiger partial charge in [0.25, 0.3) is 0 Å². The van der Waals surface area contributed by atoms with E-state index in [0.717, 1.165) is 22.4 Å². The van der Waals surface area contributed by atoms with Gasteiger partial charge in [0, 0.05) is 30.1 Å². The van der Waals surface area contributed by atoms with E-state index in [2.05, 4.69) is 9.97 Å². The van der Waals surface area contributed by atoms with Crippen LogP contribution in [0.2, 0.25) is 0 Å². The summed E-state index contributed by atoms with van der Waals surface area (Å²) in [6.07, 6.45) is 3.11. The summed E-state index contributed by atoms with van der Waals surface area (Å²) >= 11 is 0. The second-order valence-corrected chi connectivity index (χ2v) is 8.07. The van der Waals surface area contributed by atoms with Crippen LogP contribution < -0.4 is 11.5 Å². The second kappa shape index (κ2) is 8.51. The third-order valence-corrected chi connectivity index (χ3v) is 5.77. The summed E-state index contributed by atoms with van der Waals surface area (Å²) in [5.74, 6) is -0.244. The molecule has 4 aromatic rings. The van der Waals surface area contributed by atoms with Crippen molar-refractivity contribution >= 4 is 22.8 Å². The van der Waals surface area contributed by atoms with Crippen molar-refractivity contribution in [3.8, 4) is 11.1 Å². The zero-order valence-corrected chi connectivity index (χ0v) is 18.1. The summed E-state index contributed by atoms with van der Waals surface area (Å²) in [5, 5.41) is 0. The van der Waals surface area contributed by atoms with Gasteiger partial charge in [0.05, 0.1) is 24.4 Å². The standard InChI is InChI=1S/C24H23N5O4/c1-15-2-6-20-19(10-15)29(24(31)33-20)14-23(30)28-8-9-32-21(13-28)18-5-3-16(11-26-18)17-4-7-22(25)27-12-17/h2-7,10-12,21H,8-9,13-14H2,1H3,(H2,25,27)/t21-/m1/s1. The van der Waals surface area contributed by atoms with Gasteiger partial charge in [-0.15, -0.1) is 0 Å². The van der Waals surface area contributed by atoms with Crippen molar-refractivity contribution in [1.29, 1.82) is 0 Å². The van der Waals surface area contributed by atoms with E-state index in [1.54, 1.807) is 29.4 Å². The Hall–Kier alpha value is -3.98. The minimum Gasteiger partial charge on any atom is -0.408 e. The lowest BCUT2D eigenvalue weighted by Crippen LogP contribution is -2.44. The maximum atomic E-state index is 13.0. The van der Waals surface area contributed by atoms with E-state index in [1.165, 1.54) is 4.57 Å². The highest BCUT2D eigenvalue weighted by Gasteiger charge is 2.27. The number of nitrogens with zero attached hydrogens (tertiary/aromatic N) is 4. The van der Waals surface area contributed by atoms with Crippen LogP contribution in [-0.2, 0) is 16.1 Å². The van der Waals surface area contributed by atoms with Crippen molar-refractivity contribution in [1.82, 2.24) is 19.4 Å². The maximum Gasteiger partial charge on any atom is 0.420 e. The first-order valence-corrected chi connectivity index (χ1v) is 10.6. The number of anilines is 1. The average Bonchev–Trinajstić information content (AvgIpc) is 3.14. The molecule has 168 valence electrons. The summed E-state index contributed by atoms with van der Waals surface area (Å²) in [5.41, 5.74) is 10.3. The van der Waals surface area contributed by atoms with Gasteiger partial charge in [-0.3, -0.25) is 14.3 Å². The van der Waals surface area contributed by atoms with Crippen molar-refractivity contribution < 1.29 is 13.9 Å². The number of morpholine rings is 1. The van der Waals surface area contributed by atoms with Gasteiger partial charge < -0.3 is 19.8 Å². The van der Waals surface area contributed by atoms with Crippen molar-refractivity contribution in [2.24, 2.45) is 0 Å². The number of aromatic nitrogens is 3. The Kier molecular flexibility index (Phi) is 5.39. The molecule has 1 amide bonds. The molecular weight excluding hydrogens is 422 g/mol. The molecule has 0 aliphatic carbocycles. The van der Waals surface area contributed by atoms with E-state index in [4.69, 9.17) is 14.9 Å². The monoisotopic (exact) mass is 445 g/mol. The van der Waals surface area contributed by atoms with E-state index in [0.29, 0.717) is 36.6 Å². The molecule has 0 spiro atoms. The second-order valence-electron chi connectivity index (χ2n) is 8.07. The van der Waals surface area contributed by atoms with Crippen LogP contribution in [0.5, 0.6) is 0 Å². The smallest absolute Gasteiger partial charge is 0.408 e. The summed E-state index contributed by atoms with van der Waals surface area (Å²) in [4.78, 5) is 35.7. The Bertz CT molecular complexity index is 1360. The first-order chi connectivity index (χ1) is 16.0. The molecular formula is C24H23N5O4. The number of amides is 1. The Labute approximate surface area is 189 Å². The number of aryl methyl sites for hydroxylation is 1. The molecule has 1 atom stereocenters. The van der Waals surface area contributed by atoms with Crippen LogP contribution in [0.4, 0.5) is 5.82 Å². The number of nitrogens with two attached hydrogens (primary N) is 1. The van der Waals surface area contributed by atoms with Crippen LogP contribution in [0, 0.1) is 6.92 Å². The zero-order valence-electron chi connectivity index (χ0n) is 18.1. The van der Waals surface area contributed by atoms with Crippen LogP contribution in [0.3, 0.4) is 0 Å². The van der Waals surface area contributed by atoms with Crippen molar-refractivity contribution in [3.05, 3.63) is 76.7 Å². The zero-order chi connectivity index (χ0) is 22.9. The number of carbonyl (C=O) groups is 1.